The smallest absolute Gasteiger partial charge is 0.163 e. The van der Waals surface area contributed by atoms with Crippen LogP contribution >= 0.6 is 0 Å². The molecule has 1 aromatic rings. The summed E-state index contributed by atoms with van der Waals surface area (Å²) in [6, 6.07) is 9.14. The van der Waals surface area contributed by atoms with Crippen molar-refractivity contribution in [3.63, 3.8) is 0 Å². The monoisotopic (exact) mass is 326 g/mol. The fourth-order valence-corrected chi connectivity index (χ4v) is 7.69. The van der Waals surface area contributed by atoms with E-state index in [0.29, 0.717) is 23.5 Å². The highest BCUT2D eigenvalue weighted by molar-refractivity contribution is 8.06. The summed E-state index contributed by atoms with van der Waals surface area (Å²) in [4.78, 5) is 12.5. The van der Waals surface area contributed by atoms with Gasteiger partial charge in [-0.15, -0.1) is 0 Å². The Morgan fingerprint density at radius 3 is 2.14 bits per heavy atom. The molecule has 0 radical (unpaired) electrons. The number of rotatable bonds is 4. The third-order valence-electron chi connectivity index (χ3n) is 3.95. The molecule has 0 aliphatic carbocycles. The molecule has 1 saturated heterocycles. The zero-order valence-corrected chi connectivity index (χ0v) is 14.3. The molecule has 1 aromatic carbocycles. The maximum Gasteiger partial charge on any atom is 0.163 e. The molecule has 5 heteroatoms. The van der Waals surface area contributed by atoms with Gasteiger partial charge in [-0.1, -0.05) is 51.1 Å². The Hall–Kier alpha value is -0.810. The van der Waals surface area contributed by atoms with Gasteiger partial charge in [0.1, 0.15) is 4.58 Å². The Morgan fingerprint density at radius 1 is 1.14 bits per heavy atom. The van der Waals surface area contributed by atoms with Crippen LogP contribution in [0.5, 0.6) is 0 Å². The molecule has 1 fully saturated rings. The maximum atomic E-state index is 12.5. The van der Waals surface area contributed by atoms with Crippen molar-refractivity contribution in [2.75, 3.05) is 11.5 Å². The summed E-state index contributed by atoms with van der Waals surface area (Å²) in [6.07, 6.45) is 0.301. The number of hydrogen-bond acceptors (Lipinski definition) is 3. The molecule has 0 spiro atoms. The molecule has 0 unspecified atom stereocenters. The summed E-state index contributed by atoms with van der Waals surface area (Å²) < 4.78 is 24.0. The number of benzene rings is 1. The first-order valence-electron chi connectivity index (χ1n) is 7.13. The van der Waals surface area contributed by atoms with Gasteiger partial charge in [-0.3, -0.25) is 13.2 Å². The first kappa shape index (κ1) is 16.6. The van der Waals surface area contributed by atoms with Crippen molar-refractivity contribution in [3.8, 4) is 0 Å². The van der Waals surface area contributed by atoms with E-state index in [0.717, 1.165) is 0 Å². The van der Waals surface area contributed by atoms with Gasteiger partial charge in [0, 0.05) is 45.1 Å². The van der Waals surface area contributed by atoms with Crippen molar-refractivity contribution in [2.24, 2.45) is 11.3 Å². The fraction of sp³-hybridized carbons (Fsp3) is 0.562. The van der Waals surface area contributed by atoms with Crippen LogP contribution in [0.15, 0.2) is 30.3 Å². The third kappa shape index (κ3) is 3.89. The normalized spacial score (nSPS) is 24.9. The van der Waals surface area contributed by atoms with Crippen molar-refractivity contribution < 1.29 is 13.2 Å². The Kier molecular flexibility index (Phi) is 5.15. The Labute approximate surface area is 131 Å². The van der Waals surface area contributed by atoms with Gasteiger partial charge >= 0.3 is 0 Å². The molecule has 0 bridgehead atoms. The summed E-state index contributed by atoms with van der Waals surface area (Å²) >= 11 is 0. The number of hydrogen-bond donors (Lipinski definition) is 0. The molecule has 116 valence electrons. The molecule has 3 nitrogen and oxygen atoms in total. The quantitative estimate of drug-likeness (QED) is 0.800. The van der Waals surface area contributed by atoms with E-state index >= 15 is 0 Å². The van der Waals surface area contributed by atoms with Gasteiger partial charge in [0.05, 0.1) is 0 Å². The van der Waals surface area contributed by atoms with Crippen LogP contribution in [-0.4, -0.2) is 30.3 Å². The molecule has 2 rings (SSSR count). The Balaban J connectivity index is 2.24. The zero-order chi connectivity index (χ0) is 15.6. The molecule has 0 aromatic heterocycles. The summed E-state index contributed by atoms with van der Waals surface area (Å²) in [7, 11) is -2.18. The first-order valence-corrected chi connectivity index (χ1v) is 9.89. The average Bonchev–Trinajstić information content (AvgIpc) is 2.75. The van der Waals surface area contributed by atoms with E-state index in [-0.39, 0.29) is 21.7 Å². The lowest BCUT2D eigenvalue weighted by molar-refractivity contribution is 0.0925. The van der Waals surface area contributed by atoms with Crippen molar-refractivity contribution in [2.45, 2.75) is 31.8 Å². The van der Waals surface area contributed by atoms with E-state index in [1.165, 1.54) is 0 Å². The minimum Gasteiger partial charge on any atom is -0.294 e. The lowest BCUT2D eigenvalue weighted by atomic mass is 9.78. The van der Waals surface area contributed by atoms with Crippen LogP contribution in [0.2, 0.25) is 0 Å². The lowest BCUT2D eigenvalue weighted by Gasteiger charge is -2.33. The predicted octanol–water partition coefficient (Wildman–Crippen LogP) is 2.76. The number of carbonyl (C=O) groups excluding carboxylic acids is 1. The number of ketones is 1. The Morgan fingerprint density at radius 2 is 1.67 bits per heavy atom. The van der Waals surface area contributed by atoms with Crippen LogP contribution in [0, 0.1) is 11.3 Å². The molecule has 0 N–H and O–H groups in total. The average molecular weight is 326 g/mol. The highest BCUT2D eigenvalue weighted by Crippen LogP contribution is 2.38. The van der Waals surface area contributed by atoms with Gasteiger partial charge in [0.2, 0.25) is 0 Å². The molecular weight excluding hydrogens is 304 g/mol. The van der Waals surface area contributed by atoms with Crippen LogP contribution < -0.4 is 0 Å². The van der Waals surface area contributed by atoms with Gasteiger partial charge in [-0.25, -0.2) is 0 Å². The van der Waals surface area contributed by atoms with Gasteiger partial charge in [-0.2, -0.15) is 0 Å². The van der Waals surface area contributed by atoms with E-state index < -0.39 is 21.6 Å². The first-order chi connectivity index (χ1) is 9.80. The third-order valence-corrected chi connectivity index (χ3v) is 8.40. The van der Waals surface area contributed by atoms with Crippen molar-refractivity contribution >= 4 is 27.4 Å². The van der Waals surface area contributed by atoms with Gasteiger partial charge < -0.3 is 0 Å². The van der Waals surface area contributed by atoms with Crippen molar-refractivity contribution in [1.29, 1.82) is 0 Å². The molecule has 3 atom stereocenters. The van der Waals surface area contributed by atoms with Crippen LogP contribution in [0.1, 0.15) is 37.6 Å². The van der Waals surface area contributed by atoms with E-state index in [9.17, 15) is 13.2 Å². The summed E-state index contributed by atoms with van der Waals surface area (Å²) in [5.74, 6) is 0.887. The van der Waals surface area contributed by atoms with E-state index in [2.05, 4.69) is 0 Å². The summed E-state index contributed by atoms with van der Waals surface area (Å²) in [6.45, 7) is 6.09. The second-order valence-corrected chi connectivity index (χ2v) is 10.2. The second-order valence-electron chi connectivity index (χ2n) is 6.50. The highest BCUT2D eigenvalue weighted by Gasteiger charge is 2.43. The molecular formula is C16H22O3S2. The largest absolute Gasteiger partial charge is 0.294 e. The summed E-state index contributed by atoms with van der Waals surface area (Å²) in [5, 5.41) is 0. The van der Waals surface area contributed by atoms with Crippen molar-refractivity contribution in [1.82, 2.24) is 0 Å². The van der Waals surface area contributed by atoms with Crippen LogP contribution in [-0.2, 0) is 21.6 Å². The molecule has 21 heavy (non-hydrogen) atoms. The molecule has 1 aliphatic heterocycles. The number of Topliss-reactive ketones (excluding diaryl/α,β-unsaturated/α-hetero) is 1. The minimum atomic E-state index is -1.09. The Bertz CT molecular complexity index is 545. The molecule has 0 saturated carbocycles. The summed E-state index contributed by atoms with van der Waals surface area (Å²) in [5.41, 5.74) is 0.464. The van der Waals surface area contributed by atoms with Crippen molar-refractivity contribution in [3.05, 3.63) is 35.9 Å². The van der Waals surface area contributed by atoms with Crippen LogP contribution in [0.4, 0.5) is 0 Å². The zero-order valence-electron chi connectivity index (χ0n) is 12.7. The topological polar surface area (TPSA) is 51.2 Å². The standard InChI is InChI=1S/C16H22O3S2/c1-16(2,3)13(15-20(18)9-10-21(15)19)11-14(17)12-7-5-4-6-8-12/h4-8,13,15H,9-11H2,1-3H3/t13-,20+,21+/m0/s1. The second kappa shape index (κ2) is 6.53. The molecule has 0 amide bonds. The van der Waals surface area contributed by atoms with E-state index in [1.807, 2.05) is 39.0 Å². The number of carbonyl (C=O) groups is 1. The van der Waals surface area contributed by atoms with Gasteiger partial charge in [0.25, 0.3) is 0 Å². The molecule has 1 aliphatic rings. The lowest BCUT2D eigenvalue weighted by Crippen LogP contribution is -2.37. The molecule has 1 heterocycles. The van der Waals surface area contributed by atoms with E-state index in [4.69, 9.17) is 0 Å². The van der Waals surface area contributed by atoms with Gasteiger partial charge in [-0.05, 0) is 11.3 Å². The fourth-order valence-electron chi connectivity index (χ4n) is 2.64. The SMILES string of the molecule is CC(C)(C)[C@@H](CC(=O)c1ccccc1)C1[S@](=O)CC[S@]1=O. The van der Waals surface area contributed by atoms with Gasteiger partial charge in [0.15, 0.2) is 5.78 Å². The maximum absolute atomic E-state index is 12.5. The highest BCUT2D eigenvalue weighted by atomic mass is 32.3. The predicted molar refractivity (Wildman–Crippen MR) is 88.1 cm³/mol. The minimum absolute atomic E-state index is 0.0384. The van der Waals surface area contributed by atoms with Crippen LogP contribution in [0.25, 0.3) is 0 Å². The van der Waals surface area contributed by atoms with Crippen LogP contribution in [0.3, 0.4) is 0 Å². The van der Waals surface area contributed by atoms with E-state index in [1.54, 1.807) is 12.1 Å².